The van der Waals surface area contributed by atoms with Crippen LogP contribution in [0.2, 0.25) is 0 Å². The van der Waals surface area contributed by atoms with Crippen molar-refractivity contribution in [2.24, 2.45) is 0 Å². The van der Waals surface area contributed by atoms with Crippen LogP contribution in [-0.2, 0) is 0 Å². The minimum Gasteiger partial charge on any atom is -0.507 e. The summed E-state index contributed by atoms with van der Waals surface area (Å²) < 4.78 is 20.7. The molecule has 0 spiro atoms. The third kappa shape index (κ3) is 3.28. The number of phenols is 1. The first-order chi connectivity index (χ1) is 14.4. The Kier molecular flexibility index (Phi) is 4.43. The summed E-state index contributed by atoms with van der Waals surface area (Å²) in [6.45, 7) is 3.76. The second-order valence-corrected chi connectivity index (χ2v) is 8.32. The topological polar surface area (TPSA) is 98.0 Å². The van der Waals surface area contributed by atoms with Gasteiger partial charge in [0.05, 0.1) is 28.8 Å². The van der Waals surface area contributed by atoms with Crippen LogP contribution in [0.4, 0.5) is 4.39 Å². The van der Waals surface area contributed by atoms with Gasteiger partial charge in [0.1, 0.15) is 11.9 Å². The normalized spacial score (nSPS) is 27.9. The fraction of sp³-hybridized carbons (Fsp3) is 0.429. The summed E-state index contributed by atoms with van der Waals surface area (Å²) in [5, 5.41) is 30.4. The van der Waals surface area contributed by atoms with Crippen LogP contribution < -0.4 is 10.1 Å². The number of phenolic OH excluding ortho intramolecular Hbond substituents is 1. The Bertz CT molecular complexity index is 1070. The Morgan fingerprint density at radius 2 is 2.13 bits per heavy atom. The zero-order valence-corrected chi connectivity index (χ0v) is 16.8. The van der Waals surface area contributed by atoms with E-state index in [0.717, 1.165) is 18.5 Å². The molecule has 0 amide bonds. The lowest BCUT2D eigenvalue weighted by atomic mass is 9.88. The van der Waals surface area contributed by atoms with E-state index >= 15 is 0 Å². The third-order valence-corrected chi connectivity index (χ3v) is 6.00. The first kappa shape index (κ1) is 18.9. The van der Waals surface area contributed by atoms with E-state index in [1.54, 1.807) is 36.5 Å². The van der Waals surface area contributed by atoms with E-state index < -0.39 is 17.8 Å². The number of nitrogens with zero attached hydrogens (tertiary/aromatic N) is 5. The van der Waals surface area contributed by atoms with Crippen molar-refractivity contribution in [2.45, 2.75) is 57.0 Å². The number of fused-ring (bicyclic) bond motifs is 2. The molecule has 156 valence electrons. The van der Waals surface area contributed by atoms with Crippen molar-refractivity contribution in [2.75, 3.05) is 0 Å². The van der Waals surface area contributed by atoms with Crippen molar-refractivity contribution >= 4 is 0 Å². The molecule has 2 bridgehead atoms. The maximum atomic E-state index is 14.9. The quantitative estimate of drug-likeness (QED) is 0.682. The molecule has 9 heteroatoms. The number of halogens is 1. The molecule has 0 radical (unpaired) electrons. The van der Waals surface area contributed by atoms with E-state index in [1.807, 2.05) is 13.8 Å². The molecule has 8 nitrogen and oxygen atoms in total. The first-order valence-electron chi connectivity index (χ1n) is 10.1. The van der Waals surface area contributed by atoms with Gasteiger partial charge in [-0.25, -0.2) is 4.39 Å². The lowest BCUT2D eigenvalue weighted by Crippen LogP contribution is -2.59. The molecule has 1 aromatic carbocycles. The van der Waals surface area contributed by atoms with Gasteiger partial charge >= 0.3 is 0 Å². The highest BCUT2D eigenvalue weighted by molar-refractivity contribution is 5.68. The molecule has 2 aromatic heterocycles. The van der Waals surface area contributed by atoms with E-state index in [9.17, 15) is 9.50 Å². The second kappa shape index (κ2) is 7.02. The summed E-state index contributed by atoms with van der Waals surface area (Å²) in [5.41, 5.74) is 1.91. The third-order valence-electron chi connectivity index (χ3n) is 6.00. The van der Waals surface area contributed by atoms with Gasteiger partial charge in [-0.1, -0.05) is 0 Å². The number of aromatic nitrogens is 5. The first-order valence-corrected chi connectivity index (χ1v) is 10.1. The monoisotopic (exact) mass is 410 g/mol. The van der Waals surface area contributed by atoms with Crippen LogP contribution in [-0.4, -0.2) is 54.2 Å². The van der Waals surface area contributed by atoms with Gasteiger partial charge in [0, 0.05) is 30.2 Å². The van der Waals surface area contributed by atoms with Gasteiger partial charge in [0.2, 0.25) is 5.88 Å². The summed E-state index contributed by atoms with van der Waals surface area (Å²) in [7, 11) is 0. The van der Waals surface area contributed by atoms with Gasteiger partial charge in [-0.2, -0.15) is 15.0 Å². The van der Waals surface area contributed by atoms with Crippen LogP contribution in [0.25, 0.3) is 16.9 Å². The van der Waals surface area contributed by atoms with Crippen molar-refractivity contribution in [3.63, 3.8) is 0 Å². The van der Waals surface area contributed by atoms with Gasteiger partial charge in [0.15, 0.2) is 6.17 Å². The molecular weight excluding hydrogens is 387 g/mol. The van der Waals surface area contributed by atoms with Crippen LogP contribution >= 0.6 is 0 Å². The van der Waals surface area contributed by atoms with Crippen LogP contribution in [0, 0.1) is 6.92 Å². The molecule has 3 aromatic rings. The Balaban J connectivity index is 1.33. The molecule has 2 aliphatic heterocycles. The predicted octanol–water partition coefficient (Wildman–Crippen LogP) is 2.74. The fourth-order valence-electron chi connectivity index (χ4n) is 4.40. The van der Waals surface area contributed by atoms with Gasteiger partial charge < -0.3 is 15.2 Å². The van der Waals surface area contributed by atoms with Gasteiger partial charge in [-0.05, 0) is 44.9 Å². The molecule has 5 rings (SSSR count). The van der Waals surface area contributed by atoms with Crippen LogP contribution in [0.5, 0.6) is 11.6 Å². The standard InChI is InChI=1S/C21H23FN6O2/c1-12-11-23-28(27-12)14-3-4-15(17(29)10-14)16-5-6-19(26-25-16)30-18-9-13-7-8-21(2,24-13)20(18)22/h3-6,10-11,13,18,20,24,29H,7-9H2,1-2H3/t13-,18-,20-,21+/m1/s1. The molecule has 2 N–H and O–H groups in total. The largest absolute Gasteiger partial charge is 0.507 e. The van der Waals surface area contributed by atoms with E-state index in [-0.39, 0.29) is 17.7 Å². The average molecular weight is 410 g/mol. The van der Waals surface area contributed by atoms with Crippen molar-refractivity contribution in [3.05, 3.63) is 42.2 Å². The highest BCUT2D eigenvalue weighted by atomic mass is 19.1. The number of nitrogens with one attached hydrogen (secondary N) is 1. The van der Waals surface area contributed by atoms with Crippen LogP contribution in [0.3, 0.4) is 0 Å². The molecule has 30 heavy (non-hydrogen) atoms. The summed E-state index contributed by atoms with van der Waals surface area (Å²) in [4.78, 5) is 1.45. The number of rotatable bonds is 4. The predicted molar refractivity (Wildman–Crippen MR) is 107 cm³/mol. The Hall–Kier alpha value is -3.07. The van der Waals surface area contributed by atoms with Crippen LogP contribution in [0.1, 0.15) is 31.9 Å². The maximum Gasteiger partial charge on any atom is 0.233 e. The van der Waals surface area contributed by atoms with Crippen molar-refractivity contribution < 1.29 is 14.2 Å². The Morgan fingerprint density at radius 1 is 1.27 bits per heavy atom. The second-order valence-electron chi connectivity index (χ2n) is 8.32. The summed E-state index contributed by atoms with van der Waals surface area (Å²) in [6.07, 6.45) is 2.39. The Morgan fingerprint density at radius 3 is 2.83 bits per heavy atom. The lowest BCUT2D eigenvalue weighted by Gasteiger charge is -2.39. The number of aromatic hydroxyl groups is 1. The number of alkyl halides is 1. The number of ether oxygens (including phenoxy) is 1. The minimum atomic E-state index is -1.10. The smallest absolute Gasteiger partial charge is 0.233 e. The minimum absolute atomic E-state index is 0.0390. The van der Waals surface area contributed by atoms with Gasteiger partial charge in [-0.15, -0.1) is 10.2 Å². The van der Waals surface area contributed by atoms with Crippen molar-refractivity contribution in [1.82, 2.24) is 30.5 Å². The number of piperidine rings is 1. The fourth-order valence-corrected chi connectivity index (χ4v) is 4.40. The van der Waals surface area contributed by atoms with E-state index in [4.69, 9.17) is 4.74 Å². The van der Waals surface area contributed by atoms with Gasteiger partial charge in [0.25, 0.3) is 0 Å². The van der Waals surface area contributed by atoms with Gasteiger partial charge in [-0.3, -0.25) is 0 Å². The van der Waals surface area contributed by atoms with E-state index in [0.29, 0.717) is 23.4 Å². The number of benzene rings is 1. The highest BCUT2D eigenvalue weighted by Gasteiger charge is 2.51. The maximum absolute atomic E-state index is 14.9. The summed E-state index contributed by atoms with van der Waals surface area (Å²) in [5.74, 6) is 0.320. The molecule has 0 saturated carbocycles. The van der Waals surface area contributed by atoms with Crippen molar-refractivity contribution in [1.29, 1.82) is 0 Å². The molecule has 0 unspecified atom stereocenters. The Labute approximate surface area is 173 Å². The molecule has 2 saturated heterocycles. The van der Waals surface area contributed by atoms with Crippen molar-refractivity contribution in [3.8, 4) is 28.6 Å². The van der Waals surface area contributed by atoms with Crippen LogP contribution in [0.15, 0.2) is 36.5 Å². The molecule has 2 fully saturated rings. The molecular formula is C21H23FN6O2. The number of aryl methyl sites for hydroxylation is 1. The molecule has 2 aliphatic rings. The zero-order chi connectivity index (χ0) is 20.9. The average Bonchev–Trinajstić information content (AvgIpc) is 3.31. The zero-order valence-electron chi connectivity index (χ0n) is 16.8. The lowest BCUT2D eigenvalue weighted by molar-refractivity contribution is 0.00813. The molecule has 4 atom stereocenters. The summed E-state index contributed by atoms with van der Waals surface area (Å²) in [6, 6.07) is 8.74. The highest BCUT2D eigenvalue weighted by Crippen LogP contribution is 2.39. The summed E-state index contributed by atoms with van der Waals surface area (Å²) >= 11 is 0. The SMILES string of the molecule is Cc1cnn(-c2ccc(-c3ccc(O[C@@H]4C[C@H]5CC[C@](C)(N5)[C@@H]4F)nn3)c(O)c2)n1. The number of hydrogen-bond donors (Lipinski definition) is 2. The number of hydrogen-bond acceptors (Lipinski definition) is 7. The van der Waals surface area contributed by atoms with E-state index in [1.165, 1.54) is 4.80 Å². The molecule has 4 heterocycles. The van der Waals surface area contributed by atoms with E-state index in [2.05, 4.69) is 25.7 Å². The molecule has 0 aliphatic carbocycles.